The molecule has 1 aliphatic rings. The fraction of sp³-hybridized carbons (Fsp3) is 0.818. The number of hydrogen-bond acceptors (Lipinski definition) is 9. The molecule has 0 aromatic heterocycles. The van der Waals surface area contributed by atoms with Crippen LogP contribution in [-0.2, 0) is 33.5 Å². The van der Waals surface area contributed by atoms with Crippen LogP contribution >= 0.6 is 0 Å². The van der Waals surface area contributed by atoms with Gasteiger partial charge in [-0.1, -0.05) is 67.2 Å². The fourth-order valence-electron chi connectivity index (χ4n) is 5.43. The SMILES string of the molecule is CCCCCC[C@H]1OC(=O)CNC(=O)[C@H]([C@H](C)O)NC(=O)[C@H]([C@H](C)O)NC(=O)[C@H]([C@H](C)CC)NC(=O)[C@H](CC(C)C)N(C)C(=O)[C@@H]1C. The van der Waals surface area contributed by atoms with E-state index < -0.39 is 96.4 Å². The van der Waals surface area contributed by atoms with Crippen LogP contribution in [0.2, 0.25) is 0 Å². The number of carbonyl (C=O) groups excluding carboxylic acids is 6. The lowest BCUT2D eigenvalue weighted by molar-refractivity contribution is -0.157. The average molecular weight is 670 g/mol. The number of likely N-dealkylation sites (N-methyl/N-ethyl adjacent to an activating group) is 1. The summed E-state index contributed by atoms with van der Waals surface area (Å²) in [6, 6.07) is -5.21. The molecule has 1 fully saturated rings. The molecule has 0 aromatic rings. The Hall–Kier alpha value is -3.26. The Morgan fingerprint density at radius 2 is 1.32 bits per heavy atom. The zero-order valence-electron chi connectivity index (χ0n) is 29.6. The van der Waals surface area contributed by atoms with Crippen molar-refractivity contribution in [2.75, 3.05) is 13.6 Å². The lowest BCUT2D eigenvalue weighted by Crippen LogP contribution is -2.63. The molecule has 47 heavy (non-hydrogen) atoms. The Bertz CT molecular complexity index is 1070. The highest BCUT2D eigenvalue weighted by Crippen LogP contribution is 2.22. The topological polar surface area (TPSA) is 203 Å². The van der Waals surface area contributed by atoms with E-state index >= 15 is 0 Å². The number of hydrogen-bond donors (Lipinski definition) is 6. The van der Waals surface area contributed by atoms with Crippen LogP contribution in [0.1, 0.15) is 100 Å². The molecular formula is C33H59N5O9. The summed E-state index contributed by atoms with van der Waals surface area (Å²) in [6.07, 6.45) is 0.916. The second-order valence-electron chi connectivity index (χ2n) is 13.3. The van der Waals surface area contributed by atoms with Gasteiger partial charge < -0.3 is 41.1 Å². The molecule has 5 amide bonds. The second kappa shape index (κ2) is 20.2. The van der Waals surface area contributed by atoms with Crippen molar-refractivity contribution < 1.29 is 43.7 Å². The van der Waals surface area contributed by atoms with Crippen LogP contribution in [0.5, 0.6) is 0 Å². The first kappa shape index (κ1) is 41.8. The number of nitrogens with zero attached hydrogens (tertiary/aromatic N) is 1. The van der Waals surface area contributed by atoms with Gasteiger partial charge in [-0.3, -0.25) is 28.8 Å². The minimum Gasteiger partial charge on any atom is -0.460 e. The van der Waals surface area contributed by atoms with Crippen molar-refractivity contribution in [2.45, 2.75) is 143 Å². The summed E-state index contributed by atoms with van der Waals surface area (Å²) in [6.45, 7) is 13.0. The zero-order chi connectivity index (χ0) is 36.0. The number of aliphatic hydroxyl groups is 2. The van der Waals surface area contributed by atoms with Crippen LogP contribution in [0, 0.1) is 17.8 Å². The largest absolute Gasteiger partial charge is 0.460 e. The summed E-state index contributed by atoms with van der Waals surface area (Å²) >= 11 is 0. The molecule has 14 nitrogen and oxygen atoms in total. The Balaban J connectivity index is 3.67. The number of carbonyl (C=O) groups is 6. The fourth-order valence-corrected chi connectivity index (χ4v) is 5.43. The van der Waals surface area contributed by atoms with Gasteiger partial charge in [-0.2, -0.15) is 0 Å². The predicted octanol–water partition coefficient (Wildman–Crippen LogP) is 0.770. The summed E-state index contributed by atoms with van der Waals surface area (Å²) in [5.74, 6) is -5.69. The first-order chi connectivity index (χ1) is 22.0. The smallest absolute Gasteiger partial charge is 0.325 e. The molecule has 0 saturated carbocycles. The number of unbranched alkanes of at least 4 members (excludes halogenated alkanes) is 3. The zero-order valence-corrected chi connectivity index (χ0v) is 29.6. The van der Waals surface area contributed by atoms with Crippen molar-refractivity contribution >= 4 is 35.5 Å². The van der Waals surface area contributed by atoms with Crippen molar-refractivity contribution in [3.8, 4) is 0 Å². The highest BCUT2D eigenvalue weighted by atomic mass is 16.5. The van der Waals surface area contributed by atoms with Crippen molar-refractivity contribution in [3.05, 3.63) is 0 Å². The third-order valence-electron chi connectivity index (χ3n) is 8.71. The molecule has 1 aliphatic heterocycles. The second-order valence-corrected chi connectivity index (χ2v) is 13.3. The summed E-state index contributed by atoms with van der Waals surface area (Å²) in [4.78, 5) is 81.9. The van der Waals surface area contributed by atoms with Gasteiger partial charge in [0.15, 0.2) is 0 Å². The van der Waals surface area contributed by atoms with Gasteiger partial charge in [0, 0.05) is 7.05 Å². The van der Waals surface area contributed by atoms with Gasteiger partial charge in [-0.15, -0.1) is 0 Å². The monoisotopic (exact) mass is 669 g/mol. The van der Waals surface area contributed by atoms with Gasteiger partial charge in [0.1, 0.15) is 36.8 Å². The van der Waals surface area contributed by atoms with E-state index in [-0.39, 0.29) is 12.3 Å². The third-order valence-corrected chi connectivity index (χ3v) is 8.71. The Labute approximate surface area is 279 Å². The van der Waals surface area contributed by atoms with Crippen LogP contribution in [0.3, 0.4) is 0 Å². The van der Waals surface area contributed by atoms with Gasteiger partial charge in [-0.05, 0) is 44.9 Å². The average Bonchev–Trinajstić information content (AvgIpc) is 3.01. The first-order valence-corrected chi connectivity index (χ1v) is 17.0. The molecule has 0 unspecified atom stereocenters. The number of ether oxygens (including phenoxy) is 1. The minimum absolute atomic E-state index is 0.00903. The van der Waals surface area contributed by atoms with Gasteiger partial charge in [0.2, 0.25) is 29.5 Å². The molecular weight excluding hydrogens is 610 g/mol. The standard InChI is InChI=1S/C33H59N5O9/c1-10-12-13-14-15-24-20(6)33(46)38(9)23(16-18(3)4)29(42)35-26(19(5)11-2)31(44)37-28(22(8)40)32(45)36-27(21(7)39)30(43)34-17-25(41)47-24/h18-24,26-28,39-40H,10-17H2,1-9H3,(H,34,43)(H,35,42)(H,36,45)(H,37,44)/t19-,20-,21+,22+,23+,24-,26+,27+,28+/m1/s1. The summed E-state index contributed by atoms with van der Waals surface area (Å²) in [5, 5.41) is 30.7. The van der Waals surface area contributed by atoms with E-state index in [1.54, 1.807) is 13.8 Å². The third kappa shape index (κ3) is 13.0. The summed E-state index contributed by atoms with van der Waals surface area (Å²) in [5.41, 5.74) is 0. The van der Waals surface area contributed by atoms with E-state index in [1.165, 1.54) is 25.8 Å². The van der Waals surface area contributed by atoms with Gasteiger partial charge in [0.25, 0.3) is 0 Å². The van der Waals surface area contributed by atoms with Crippen molar-refractivity contribution in [3.63, 3.8) is 0 Å². The minimum atomic E-state index is -1.56. The maximum Gasteiger partial charge on any atom is 0.325 e. The molecule has 0 radical (unpaired) electrons. The normalized spacial score (nSPS) is 28.1. The van der Waals surface area contributed by atoms with E-state index in [1.807, 2.05) is 20.8 Å². The van der Waals surface area contributed by atoms with Crippen molar-refractivity contribution in [1.82, 2.24) is 26.2 Å². The van der Waals surface area contributed by atoms with E-state index in [0.717, 1.165) is 19.3 Å². The summed E-state index contributed by atoms with van der Waals surface area (Å²) in [7, 11) is 1.51. The lowest BCUT2D eigenvalue weighted by Gasteiger charge is -2.34. The number of aliphatic hydroxyl groups excluding tert-OH is 2. The quantitative estimate of drug-likeness (QED) is 0.136. The molecule has 0 bridgehead atoms. The Morgan fingerprint density at radius 3 is 1.83 bits per heavy atom. The molecule has 1 rings (SSSR count). The van der Waals surface area contributed by atoms with Crippen LogP contribution in [-0.4, -0.2) is 107 Å². The molecule has 270 valence electrons. The van der Waals surface area contributed by atoms with Crippen LogP contribution in [0.25, 0.3) is 0 Å². The highest BCUT2D eigenvalue weighted by molar-refractivity contribution is 5.96. The molecule has 0 spiro atoms. The first-order valence-electron chi connectivity index (χ1n) is 17.0. The number of rotatable bonds is 11. The van der Waals surface area contributed by atoms with Gasteiger partial charge >= 0.3 is 5.97 Å². The number of nitrogens with one attached hydrogen (secondary N) is 4. The van der Waals surface area contributed by atoms with Gasteiger partial charge in [-0.25, -0.2) is 0 Å². The van der Waals surface area contributed by atoms with Crippen molar-refractivity contribution in [2.24, 2.45) is 17.8 Å². The molecule has 6 N–H and O–H groups in total. The summed E-state index contributed by atoms with van der Waals surface area (Å²) < 4.78 is 5.72. The number of amides is 5. The lowest BCUT2D eigenvalue weighted by atomic mass is 9.94. The van der Waals surface area contributed by atoms with Crippen LogP contribution in [0.4, 0.5) is 0 Å². The molecule has 0 aromatic carbocycles. The van der Waals surface area contributed by atoms with E-state index in [9.17, 15) is 39.0 Å². The Morgan fingerprint density at radius 1 is 0.787 bits per heavy atom. The number of esters is 1. The predicted molar refractivity (Wildman–Crippen MR) is 175 cm³/mol. The van der Waals surface area contributed by atoms with Crippen LogP contribution < -0.4 is 21.3 Å². The van der Waals surface area contributed by atoms with Crippen LogP contribution in [0.15, 0.2) is 0 Å². The van der Waals surface area contributed by atoms with E-state index in [4.69, 9.17) is 4.74 Å². The molecule has 9 atom stereocenters. The van der Waals surface area contributed by atoms with E-state index in [0.29, 0.717) is 19.3 Å². The maximum absolute atomic E-state index is 13.9. The molecule has 14 heteroatoms. The Kier molecular flexibility index (Phi) is 17.9. The van der Waals surface area contributed by atoms with Crippen molar-refractivity contribution in [1.29, 1.82) is 0 Å². The molecule has 0 aliphatic carbocycles. The van der Waals surface area contributed by atoms with Gasteiger partial charge in [0.05, 0.1) is 18.1 Å². The maximum atomic E-state index is 13.9. The van der Waals surface area contributed by atoms with E-state index in [2.05, 4.69) is 28.2 Å². The number of cyclic esters (lactones) is 1. The molecule has 1 saturated heterocycles. The highest BCUT2D eigenvalue weighted by Gasteiger charge is 2.39. The molecule has 1 heterocycles.